The maximum atomic E-state index is 12.6. The van der Waals surface area contributed by atoms with Crippen molar-refractivity contribution in [3.8, 4) is 11.4 Å². The molecule has 0 aliphatic heterocycles. The third-order valence-electron chi connectivity index (χ3n) is 4.02. The summed E-state index contributed by atoms with van der Waals surface area (Å²) < 4.78 is 3.17. The van der Waals surface area contributed by atoms with Crippen LogP contribution in [0.5, 0.6) is 0 Å². The van der Waals surface area contributed by atoms with Gasteiger partial charge in [-0.1, -0.05) is 41.6 Å². The number of thioether (sulfide) groups is 1. The summed E-state index contributed by atoms with van der Waals surface area (Å²) in [6.45, 7) is 1.98. The second-order valence-electron chi connectivity index (χ2n) is 6.00. The van der Waals surface area contributed by atoms with Crippen LogP contribution in [0.2, 0.25) is 5.02 Å². The summed E-state index contributed by atoms with van der Waals surface area (Å²) >= 11 is 7.33. The summed E-state index contributed by atoms with van der Waals surface area (Å²) in [5.74, 6) is -0.104. The smallest absolute Gasteiger partial charge is 0.234 e. The minimum Gasteiger partial charge on any atom is -0.323 e. The lowest BCUT2D eigenvalue weighted by Gasteiger charge is -2.11. The highest BCUT2D eigenvalue weighted by molar-refractivity contribution is 7.99. The molecule has 11 heteroatoms. The number of hydrogen-bond acceptors (Lipinski definition) is 7. The predicted octanol–water partition coefficient (Wildman–Crippen LogP) is 2.94. The number of carbonyl (C=O) groups is 1. The second kappa shape index (κ2) is 8.41. The van der Waals surface area contributed by atoms with Gasteiger partial charge in [0.1, 0.15) is 12.7 Å². The Labute approximate surface area is 175 Å². The Morgan fingerprint density at radius 1 is 1.21 bits per heavy atom. The SMILES string of the molecule is Cc1ccccc1-n1nnnc1SCC(=O)Nc1cc(Cl)ccc1-n1cncn1. The minimum atomic E-state index is -0.224. The first-order valence-electron chi connectivity index (χ1n) is 8.53. The molecule has 2 aromatic heterocycles. The lowest BCUT2D eigenvalue weighted by molar-refractivity contribution is -0.113. The van der Waals surface area contributed by atoms with Crippen LogP contribution in [0.3, 0.4) is 0 Å². The quantitative estimate of drug-likeness (QED) is 0.472. The number of carbonyl (C=O) groups excluding carboxylic acids is 1. The maximum Gasteiger partial charge on any atom is 0.234 e. The largest absolute Gasteiger partial charge is 0.323 e. The number of nitrogens with one attached hydrogen (secondary N) is 1. The van der Waals surface area contributed by atoms with E-state index in [1.54, 1.807) is 33.9 Å². The molecule has 0 aliphatic carbocycles. The second-order valence-corrected chi connectivity index (χ2v) is 7.38. The Morgan fingerprint density at radius 3 is 2.86 bits per heavy atom. The molecule has 2 aromatic carbocycles. The van der Waals surface area contributed by atoms with E-state index in [9.17, 15) is 4.79 Å². The lowest BCUT2D eigenvalue weighted by atomic mass is 10.2. The van der Waals surface area contributed by atoms with E-state index in [0.717, 1.165) is 11.3 Å². The molecular weight excluding hydrogens is 412 g/mol. The molecule has 4 aromatic rings. The molecule has 0 spiro atoms. The van der Waals surface area contributed by atoms with E-state index < -0.39 is 0 Å². The predicted molar refractivity (Wildman–Crippen MR) is 110 cm³/mol. The van der Waals surface area contributed by atoms with Gasteiger partial charge in [-0.3, -0.25) is 4.79 Å². The molecule has 9 nitrogen and oxygen atoms in total. The number of halogens is 1. The highest BCUT2D eigenvalue weighted by atomic mass is 35.5. The standard InChI is InChI=1S/C18H15ClN8OS/c1-12-4-2-3-5-15(12)27-18(23-24-25-27)29-9-17(28)22-14-8-13(19)6-7-16(14)26-11-20-10-21-26/h2-8,10-11H,9H2,1H3,(H,22,28). The first kappa shape index (κ1) is 19.1. The van der Waals surface area contributed by atoms with Crippen LogP contribution in [0.25, 0.3) is 11.4 Å². The summed E-state index contributed by atoms with van der Waals surface area (Å²) in [5, 5.41) is 19.8. The molecule has 0 radical (unpaired) electrons. The van der Waals surface area contributed by atoms with Crippen molar-refractivity contribution >= 4 is 35.0 Å². The molecule has 0 saturated carbocycles. The summed E-state index contributed by atoms with van der Waals surface area (Å²) in [7, 11) is 0. The zero-order valence-electron chi connectivity index (χ0n) is 15.2. The summed E-state index contributed by atoms with van der Waals surface area (Å²) in [6.07, 6.45) is 2.96. The summed E-state index contributed by atoms with van der Waals surface area (Å²) in [6, 6.07) is 12.9. The third-order valence-corrected chi connectivity index (χ3v) is 5.17. The first-order chi connectivity index (χ1) is 14.1. The molecule has 0 bridgehead atoms. The topological polar surface area (TPSA) is 103 Å². The maximum absolute atomic E-state index is 12.6. The number of nitrogens with zero attached hydrogens (tertiary/aromatic N) is 7. The van der Waals surface area contributed by atoms with E-state index in [0.29, 0.717) is 21.6 Å². The fourth-order valence-corrected chi connectivity index (χ4v) is 3.53. The van der Waals surface area contributed by atoms with Crippen molar-refractivity contribution in [1.29, 1.82) is 0 Å². The van der Waals surface area contributed by atoms with Crippen molar-refractivity contribution in [2.75, 3.05) is 11.1 Å². The van der Waals surface area contributed by atoms with Crippen LogP contribution in [0, 0.1) is 6.92 Å². The van der Waals surface area contributed by atoms with E-state index in [1.807, 2.05) is 31.2 Å². The van der Waals surface area contributed by atoms with Gasteiger partial charge in [-0.25, -0.2) is 9.67 Å². The van der Waals surface area contributed by atoms with Crippen molar-refractivity contribution in [2.45, 2.75) is 12.1 Å². The zero-order valence-corrected chi connectivity index (χ0v) is 16.8. The van der Waals surface area contributed by atoms with Crippen LogP contribution in [-0.2, 0) is 4.79 Å². The monoisotopic (exact) mass is 426 g/mol. The normalized spacial score (nSPS) is 10.8. The summed E-state index contributed by atoms with van der Waals surface area (Å²) in [4.78, 5) is 16.5. The Morgan fingerprint density at radius 2 is 2.07 bits per heavy atom. The van der Waals surface area contributed by atoms with Crippen LogP contribution in [0.1, 0.15) is 5.56 Å². The first-order valence-corrected chi connectivity index (χ1v) is 9.90. The van der Waals surface area contributed by atoms with Crippen LogP contribution >= 0.6 is 23.4 Å². The van der Waals surface area contributed by atoms with Gasteiger partial charge in [0, 0.05) is 5.02 Å². The fourth-order valence-electron chi connectivity index (χ4n) is 2.68. The molecule has 2 heterocycles. The Hall–Kier alpha value is -3.24. The third kappa shape index (κ3) is 4.28. The molecule has 1 amide bonds. The Kier molecular flexibility index (Phi) is 5.54. The van der Waals surface area contributed by atoms with Crippen molar-refractivity contribution < 1.29 is 4.79 Å². The van der Waals surface area contributed by atoms with Crippen LogP contribution in [-0.4, -0.2) is 46.6 Å². The highest BCUT2D eigenvalue weighted by Crippen LogP contribution is 2.25. The van der Waals surface area contributed by atoms with Crippen LogP contribution < -0.4 is 5.32 Å². The number of tetrazole rings is 1. The molecule has 146 valence electrons. The van der Waals surface area contributed by atoms with E-state index in [2.05, 4.69) is 30.9 Å². The minimum absolute atomic E-state index is 0.121. The molecule has 29 heavy (non-hydrogen) atoms. The molecule has 0 saturated heterocycles. The molecule has 0 unspecified atom stereocenters. The van der Waals surface area contributed by atoms with Gasteiger partial charge in [0.2, 0.25) is 11.1 Å². The van der Waals surface area contributed by atoms with E-state index >= 15 is 0 Å². The van der Waals surface area contributed by atoms with Gasteiger partial charge in [0.15, 0.2) is 0 Å². The fraction of sp³-hybridized carbons (Fsp3) is 0.111. The average molecular weight is 427 g/mol. The number of benzene rings is 2. The number of amides is 1. The van der Waals surface area contributed by atoms with E-state index in [-0.39, 0.29) is 11.7 Å². The molecule has 4 rings (SSSR count). The van der Waals surface area contributed by atoms with Gasteiger partial charge < -0.3 is 5.32 Å². The number of aryl methyl sites for hydroxylation is 1. The molecule has 0 atom stereocenters. The number of hydrogen-bond donors (Lipinski definition) is 1. The van der Waals surface area contributed by atoms with Crippen molar-refractivity contribution in [3.63, 3.8) is 0 Å². The Balaban J connectivity index is 1.48. The zero-order chi connectivity index (χ0) is 20.2. The number of aromatic nitrogens is 7. The van der Waals surface area contributed by atoms with Gasteiger partial charge in [-0.15, -0.1) is 5.10 Å². The molecule has 1 N–H and O–H groups in total. The van der Waals surface area contributed by atoms with Crippen molar-refractivity contribution in [3.05, 3.63) is 65.7 Å². The van der Waals surface area contributed by atoms with E-state index in [4.69, 9.17) is 11.6 Å². The van der Waals surface area contributed by atoms with Gasteiger partial charge in [-0.2, -0.15) is 9.78 Å². The van der Waals surface area contributed by atoms with Crippen molar-refractivity contribution in [2.24, 2.45) is 0 Å². The number of anilines is 1. The molecular formula is C18H15ClN8OS. The van der Waals surface area contributed by atoms with Gasteiger partial charge in [0.25, 0.3) is 0 Å². The van der Waals surface area contributed by atoms with Crippen molar-refractivity contribution in [1.82, 2.24) is 35.0 Å². The van der Waals surface area contributed by atoms with Gasteiger partial charge >= 0.3 is 0 Å². The van der Waals surface area contributed by atoms with Gasteiger partial charge in [-0.05, 0) is 47.2 Å². The average Bonchev–Trinajstić information content (AvgIpc) is 3.39. The van der Waals surface area contributed by atoms with E-state index in [1.165, 1.54) is 18.1 Å². The number of para-hydroxylation sites is 1. The van der Waals surface area contributed by atoms with Gasteiger partial charge in [0.05, 0.1) is 22.8 Å². The molecule has 0 fully saturated rings. The number of rotatable bonds is 6. The highest BCUT2D eigenvalue weighted by Gasteiger charge is 2.15. The molecule has 0 aliphatic rings. The Bertz CT molecular complexity index is 1140. The lowest BCUT2D eigenvalue weighted by Crippen LogP contribution is -2.16. The van der Waals surface area contributed by atoms with Crippen LogP contribution in [0.15, 0.2) is 60.3 Å². The van der Waals surface area contributed by atoms with Crippen LogP contribution in [0.4, 0.5) is 5.69 Å². The summed E-state index contributed by atoms with van der Waals surface area (Å²) in [5.41, 5.74) is 3.09.